The number of hydrogen-bond acceptors (Lipinski definition) is 3. The lowest BCUT2D eigenvalue weighted by atomic mass is 10.0. The van der Waals surface area contributed by atoms with E-state index < -0.39 is 6.04 Å². The normalized spacial score (nSPS) is 12.2. The van der Waals surface area contributed by atoms with Crippen LogP contribution in [-0.4, -0.2) is 49.3 Å². The van der Waals surface area contributed by atoms with E-state index in [1.165, 1.54) is 0 Å². The van der Waals surface area contributed by atoms with E-state index in [0.717, 1.165) is 16.5 Å². The minimum atomic E-state index is -0.663. The van der Waals surface area contributed by atoms with Crippen molar-refractivity contribution >= 4 is 22.8 Å². The summed E-state index contributed by atoms with van der Waals surface area (Å²) in [5.41, 5.74) is 1.99. The predicted molar refractivity (Wildman–Crippen MR) is 97.5 cm³/mol. The van der Waals surface area contributed by atoms with Gasteiger partial charge in [-0.1, -0.05) is 18.2 Å². The Kier molecular flexibility index (Phi) is 6.82. The summed E-state index contributed by atoms with van der Waals surface area (Å²) in [7, 11) is 1.56. The zero-order valence-electron chi connectivity index (χ0n) is 14.9. The maximum absolute atomic E-state index is 12.5. The number of nitrogens with one attached hydrogen (secondary N) is 4. The average Bonchev–Trinajstić information content (AvgIpc) is 2.97. The van der Waals surface area contributed by atoms with Crippen LogP contribution in [0.25, 0.3) is 10.9 Å². The molecule has 0 fully saturated rings. The monoisotopic (exact) mass is 346 g/mol. The summed E-state index contributed by atoms with van der Waals surface area (Å²) in [5, 5.41) is 9.34. The average molecular weight is 346 g/mol. The zero-order chi connectivity index (χ0) is 18.2. The highest BCUT2D eigenvalue weighted by atomic mass is 16.5. The molecule has 0 aliphatic heterocycles. The molecular formula is C18H26N4O3. The van der Waals surface area contributed by atoms with Crippen LogP contribution < -0.4 is 16.0 Å². The molecule has 0 aliphatic carbocycles. The number of aromatic amines is 1. The number of para-hydroxylation sites is 1. The Hall–Kier alpha value is -2.54. The van der Waals surface area contributed by atoms with Gasteiger partial charge in [0, 0.05) is 43.2 Å². The Labute approximate surface area is 147 Å². The van der Waals surface area contributed by atoms with E-state index in [1.54, 1.807) is 7.11 Å². The molecule has 0 aliphatic rings. The fraction of sp³-hybridized carbons (Fsp3) is 0.444. The van der Waals surface area contributed by atoms with Crippen molar-refractivity contribution in [1.29, 1.82) is 0 Å². The fourth-order valence-corrected chi connectivity index (χ4v) is 2.59. The van der Waals surface area contributed by atoms with Gasteiger partial charge in [-0.05, 0) is 25.5 Å². The smallest absolute Gasteiger partial charge is 0.315 e. The SMILES string of the molecule is COCCNC(=O)N[C@H](Cc1c[nH]c2ccccc12)C(=O)NC(C)C. The molecule has 136 valence electrons. The summed E-state index contributed by atoms with van der Waals surface area (Å²) in [6.45, 7) is 4.57. The van der Waals surface area contributed by atoms with Gasteiger partial charge in [-0.2, -0.15) is 0 Å². The second kappa shape index (κ2) is 9.08. The van der Waals surface area contributed by atoms with E-state index in [-0.39, 0.29) is 18.0 Å². The van der Waals surface area contributed by atoms with Gasteiger partial charge in [0.05, 0.1) is 6.61 Å². The molecule has 2 rings (SSSR count). The lowest BCUT2D eigenvalue weighted by molar-refractivity contribution is -0.123. The Morgan fingerprint density at radius 2 is 1.96 bits per heavy atom. The van der Waals surface area contributed by atoms with Crippen LogP contribution in [0.3, 0.4) is 0 Å². The van der Waals surface area contributed by atoms with Gasteiger partial charge >= 0.3 is 6.03 Å². The summed E-state index contributed by atoms with van der Waals surface area (Å²) in [6.07, 6.45) is 2.28. The van der Waals surface area contributed by atoms with Crippen molar-refractivity contribution in [2.75, 3.05) is 20.3 Å². The molecule has 0 saturated heterocycles. The number of urea groups is 1. The van der Waals surface area contributed by atoms with Crippen LogP contribution in [0.2, 0.25) is 0 Å². The molecule has 1 aromatic carbocycles. The number of carbonyl (C=O) groups is 2. The van der Waals surface area contributed by atoms with E-state index in [0.29, 0.717) is 19.6 Å². The summed E-state index contributed by atoms with van der Waals surface area (Å²) in [5.74, 6) is -0.206. The second-order valence-corrected chi connectivity index (χ2v) is 6.17. The molecule has 25 heavy (non-hydrogen) atoms. The first-order valence-corrected chi connectivity index (χ1v) is 8.40. The van der Waals surface area contributed by atoms with Crippen molar-refractivity contribution < 1.29 is 14.3 Å². The van der Waals surface area contributed by atoms with Gasteiger partial charge in [0.1, 0.15) is 6.04 Å². The Morgan fingerprint density at radius 3 is 2.68 bits per heavy atom. The maximum atomic E-state index is 12.5. The van der Waals surface area contributed by atoms with Crippen LogP contribution in [-0.2, 0) is 16.0 Å². The number of aromatic nitrogens is 1. The van der Waals surface area contributed by atoms with Crippen molar-refractivity contribution in [3.05, 3.63) is 36.0 Å². The molecular weight excluding hydrogens is 320 g/mol. The highest BCUT2D eigenvalue weighted by molar-refractivity contribution is 5.89. The van der Waals surface area contributed by atoms with Gasteiger partial charge in [0.25, 0.3) is 0 Å². The first-order valence-electron chi connectivity index (χ1n) is 8.40. The summed E-state index contributed by atoms with van der Waals surface area (Å²) in [4.78, 5) is 27.7. The predicted octanol–water partition coefficient (Wildman–Crippen LogP) is 1.55. The van der Waals surface area contributed by atoms with Gasteiger partial charge < -0.3 is 25.7 Å². The van der Waals surface area contributed by atoms with Crippen LogP contribution in [0.1, 0.15) is 19.4 Å². The van der Waals surface area contributed by atoms with E-state index in [9.17, 15) is 9.59 Å². The summed E-state index contributed by atoms with van der Waals surface area (Å²) < 4.78 is 4.90. The second-order valence-electron chi connectivity index (χ2n) is 6.17. The fourth-order valence-electron chi connectivity index (χ4n) is 2.59. The number of methoxy groups -OCH3 is 1. The van der Waals surface area contributed by atoms with Crippen molar-refractivity contribution in [2.45, 2.75) is 32.4 Å². The minimum Gasteiger partial charge on any atom is -0.383 e. The number of carbonyl (C=O) groups excluding carboxylic acids is 2. The third-order valence-corrected chi connectivity index (χ3v) is 3.74. The van der Waals surface area contributed by atoms with Crippen LogP contribution in [0.15, 0.2) is 30.5 Å². The topological polar surface area (TPSA) is 95.2 Å². The number of H-pyrrole nitrogens is 1. The first-order chi connectivity index (χ1) is 12.0. The minimum absolute atomic E-state index is 0.00341. The molecule has 4 N–H and O–H groups in total. The van der Waals surface area contributed by atoms with Crippen LogP contribution in [0, 0.1) is 0 Å². The number of benzene rings is 1. The van der Waals surface area contributed by atoms with E-state index >= 15 is 0 Å². The first kappa shape index (κ1) is 18.8. The van der Waals surface area contributed by atoms with E-state index in [4.69, 9.17) is 4.74 Å². The van der Waals surface area contributed by atoms with Gasteiger partial charge in [0.15, 0.2) is 0 Å². The Bertz CT molecular complexity index is 711. The van der Waals surface area contributed by atoms with E-state index in [1.807, 2.05) is 44.3 Å². The molecule has 7 heteroatoms. The number of amides is 3. The molecule has 2 aromatic rings. The van der Waals surface area contributed by atoms with E-state index in [2.05, 4.69) is 20.9 Å². The van der Waals surface area contributed by atoms with Crippen molar-refractivity contribution in [3.8, 4) is 0 Å². The summed E-state index contributed by atoms with van der Waals surface area (Å²) >= 11 is 0. The largest absolute Gasteiger partial charge is 0.383 e. The molecule has 7 nitrogen and oxygen atoms in total. The van der Waals surface area contributed by atoms with Crippen molar-refractivity contribution in [2.24, 2.45) is 0 Å². The number of hydrogen-bond donors (Lipinski definition) is 4. The lowest BCUT2D eigenvalue weighted by Gasteiger charge is -2.20. The van der Waals surface area contributed by atoms with Crippen LogP contribution >= 0.6 is 0 Å². The third kappa shape index (κ3) is 5.49. The molecule has 1 atom stereocenters. The highest BCUT2D eigenvalue weighted by Gasteiger charge is 2.23. The maximum Gasteiger partial charge on any atom is 0.315 e. The molecule has 0 spiro atoms. The molecule has 1 aromatic heterocycles. The van der Waals surface area contributed by atoms with Crippen LogP contribution in [0.5, 0.6) is 0 Å². The van der Waals surface area contributed by atoms with Gasteiger partial charge in [-0.25, -0.2) is 4.79 Å². The molecule has 0 saturated carbocycles. The number of rotatable bonds is 8. The van der Waals surface area contributed by atoms with Crippen molar-refractivity contribution in [3.63, 3.8) is 0 Å². The standard InChI is InChI=1S/C18H26N4O3/c1-12(2)21-17(23)16(22-18(24)19-8-9-25-3)10-13-11-20-15-7-5-4-6-14(13)15/h4-7,11-12,16,20H,8-10H2,1-3H3,(H,21,23)(H2,19,22,24)/t16-/m1/s1. The number of fused-ring (bicyclic) bond motifs is 1. The van der Waals surface area contributed by atoms with Crippen molar-refractivity contribution in [1.82, 2.24) is 20.9 Å². The summed E-state index contributed by atoms with van der Waals surface area (Å²) in [6, 6.07) is 6.83. The molecule has 0 bridgehead atoms. The van der Waals surface area contributed by atoms with Gasteiger partial charge in [0.2, 0.25) is 5.91 Å². The van der Waals surface area contributed by atoms with Gasteiger partial charge in [-0.3, -0.25) is 4.79 Å². The third-order valence-electron chi connectivity index (χ3n) is 3.74. The highest BCUT2D eigenvalue weighted by Crippen LogP contribution is 2.19. The number of ether oxygens (including phenoxy) is 1. The van der Waals surface area contributed by atoms with Crippen LogP contribution in [0.4, 0.5) is 4.79 Å². The Morgan fingerprint density at radius 1 is 1.20 bits per heavy atom. The van der Waals surface area contributed by atoms with Gasteiger partial charge in [-0.15, -0.1) is 0 Å². The molecule has 3 amide bonds. The quantitative estimate of drug-likeness (QED) is 0.546. The Balaban J connectivity index is 2.10. The molecule has 0 radical (unpaired) electrons. The zero-order valence-corrected chi connectivity index (χ0v) is 14.9. The molecule has 1 heterocycles. The lowest BCUT2D eigenvalue weighted by Crippen LogP contribution is -2.52. The molecule has 0 unspecified atom stereocenters.